The van der Waals surface area contributed by atoms with E-state index in [1.54, 1.807) is 32.2 Å². The molecule has 2 aromatic rings. The van der Waals surface area contributed by atoms with Gasteiger partial charge in [0.1, 0.15) is 5.75 Å². The Morgan fingerprint density at radius 2 is 1.92 bits per heavy atom. The highest BCUT2D eigenvalue weighted by molar-refractivity contribution is 5.82. The van der Waals surface area contributed by atoms with Crippen LogP contribution in [0.15, 0.2) is 47.5 Å². The monoisotopic (exact) mass is 341 g/mol. The van der Waals surface area contributed by atoms with Crippen LogP contribution in [0.25, 0.3) is 0 Å². The number of hydrogen-bond donors (Lipinski definition) is 0. The molecule has 0 unspecified atom stereocenters. The first-order chi connectivity index (χ1) is 12.1. The Hall–Kier alpha value is -3.02. The van der Waals surface area contributed by atoms with Crippen molar-refractivity contribution in [1.29, 1.82) is 0 Å². The number of carbonyl (C=O) groups excluding carboxylic acids is 1. The molecule has 130 valence electrons. The van der Waals surface area contributed by atoms with Gasteiger partial charge in [-0.1, -0.05) is 0 Å². The topological polar surface area (TPSA) is 66.4 Å². The number of aliphatic imine (C=N–C) groups is 1. The van der Waals surface area contributed by atoms with Gasteiger partial charge in [0.05, 0.1) is 11.8 Å². The number of carbonyl (C=O) groups is 1. The van der Waals surface area contributed by atoms with E-state index >= 15 is 0 Å². The van der Waals surface area contributed by atoms with Crippen LogP contribution in [0, 0.1) is 0 Å². The molecule has 6 nitrogen and oxygen atoms in total. The third-order valence-electron chi connectivity index (χ3n) is 3.32. The van der Waals surface area contributed by atoms with Crippen molar-refractivity contribution in [3.05, 3.63) is 48.0 Å². The van der Waals surface area contributed by atoms with Crippen LogP contribution in [-0.4, -0.2) is 31.7 Å². The van der Waals surface area contributed by atoms with Gasteiger partial charge in [-0.05, 0) is 55.8 Å². The standard InChI is InChI=1S/C19H19NO5/c1-13(2)25-19(21)11-22-16-6-3-14(4-7-16)10-20-15-5-8-17-18(9-15)24-12-23-17/h3-10,13H,11-12H2,1-2H3. The van der Waals surface area contributed by atoms with Crippen molar-refractivity contribution < 1.29 is 23.7 Å². The number of rotatable bonds is 6. The smallest absolute Gasteiger partial charge is 0.344 e. The second kappa shape index (κ2) is 7.70. The number of esters is 1. The lowest BCUT2D eigenvalue weighted by Crippen LogP contribution is -2.18. The summed E-state index contributed by atoms with van der Waals surface area (Å²) in [5.74, 6) is 1.65. The van der Waals surface area contributed by atoms with Crippen LogP contribution >= 0.6 is 0 Å². The largest absolute Gasteiger partial charge is 0.482 e. The van der Waals surface area contributed by atoms with E-state index in [1.807, 2.05) is 30.3 Å². The molecule has 0 saturated heterocycles. The van der Waals surface area contributed by atoms with Gasteiger partial charge in [-0.15, -0.1) is 0 Å². The molecule has 0 bridgehead atoms. The van der Waals surface area contributed by atoms with E-state index in [9.17, 15) is 4.79 Å². The maximum Gasteiger partial charge on any atom is 0.344 e. The third-order valence-corrected chi connectivity index (χ3v) is 3.32. The first-order valence-electron chi connectivity index (χ1n) is 7.96. The minimum atomic E-state index is -0.386. The van der Waals surface area contributed by atoms with E-state index in [0.717, 1.165) is 17.0 Å². The summed E-state index contributed by atoms with van der Waals surface area (Å²) in [5.41, 5.74) is 1.69. The molecule has 0 amide bonds. The normalized spacial score (nSPS) is 12.6. The Morgan fingerprint density at radius 1 is 1.16 bits per heavy atom. The van der Waals surface area contributed by atoms with Crippen molar-refractivity contribution >= 4 is 17.9 Å². The number of ether oxygens (including phenoxy) is 4. The zero-order chi connectivity index (χ0) is 17.6. The van der Waals surface area contributed by atoms with Gasteiger partial charge in [-0.25, -0.2) is 4.79 Å². The van der Waals surface area contributed by atoms with E-state index in [1.165, 1.54) is 0 Å². The second-order valence-corrected chi connectivity index (χ2v) is 5.69. The highest BCUT2D eigenvalue weighted by Gasteiger charge is 2.12. The molecule has 0 fully saturated rings. The molecule has 2 aromatic carbocycles. The maximum atomic E-state index is 11.4. The average Bonchev–Trinajstić information content (AvgIpc) is 3.06. The molecule has 0 aromatic heterocycles. The van der Waals surface area contributed by atoms with E-state index in [4.69, 9.17) is 18.9 Å². The molecule has 6 heteroatoms. The average molecular weight is 341 g/mol. The van der Waals surface area contributed by atoms with Crippen LogP contribution in [0.5, 0.6) is 17.2 Å². The van der Waals surface area contributed by atoms with E-state index in [2.05, 4.69) is 4.99 Å². The molecule has 25 heavy (non-hydrogen) atoms. The quantitative estimate of drug-likeness (QED) is 0.594. The Bertz CT molecular complexity index is 768. The first kappa shape index (κ1) is 16.8. The van der Waals surface area contributed by atoms with Gasteiger partial charge < -0.3 is 18.9 Å². The molecule has 1 aliphatic rings. The number of benzene rings is 2. The molecule has 1 heterocycles. The SMILES string of the molecule is CC(C)OC(=O)COc1ccc(C=Nc2ccc3c(c2)OCO3)cc1. The molecule has 3 rings (SSSR count). The Balaban J connectivity index is 1.56. The van der Waals surface area contributed by atoms with Crippen molar-refractivity contribution in [3.63, 3.8) is 0 Å². The number of hydrogen-bond acceptors (Lipinski definition) is 6. The Labute approximate surface area is 146 Å². The van der Waals surface area contributed by atoms with Crippen LogP contribution in [0.4, 0.5) is 5.69 Å². The minimum Gasteiger partial charge on any atom is -0.482 e. The van der Waals surface area contributed by atoms with E-state index in [-0.39, 0.29) is 25.5 Å². The Kier molecular flexibility index (Phi) is 5.18. The molecule has 0 atom stereocenters. The molecule has 0 saturated carbocycles. The second-order valence-electron chi connectivity index (χ2n) is 5.69. The predicted octanol–water partition coefficient (Wildman–Crippen LogP) is 3.50. The summed E-state index contributed by atoms with van der Waals surface area (Å²) in [5, 5.41) is 0. The van der Waals surface area contributed by atoms with Gasteiger partial charge in [0, 0.05) is 12.3 Å². The number of fused-ring (bicyclic) bond motifs is 1. The van der Waals surface area contributed by atoms with Crippen LogP contribution in [0.1, 0.15) is 19.4 Å². The van der Waals surface area contributed by atoms with Gasteiger partial charge in [-0.2, -0.15) is 0 Å². The van der Waals surface area contributed by atoms with Crippen molar-refractivity contribution in [3.8, 4) is 17.2 Å². The summed E-state index contributed by atoms with van der Waals surface area (Å²) in [6, 6.07) is 12.8. The van der Waals surface area contributed by atoms with Gasteiger partial charge in [0.15, 0.2) is 18.1 Å². The summed E-state index contributed by atoms with van der Waals surface area (Å²) in [6.45, 7) is 3.73. The maximum absolute atomic E-state index is 11.4. The highest BCUT2D eigenvalue weighted by atomic mass is 16.7. The lowest BCUT2D eigenvalue weighted by atomic mass is 10.2. The molecule has 0 radical (unpaired) electrons. The van der Waals surface area contributed by atoms with Crippen molar-refractivity contribution in [2.24, 2.45) is 4.99 Å². The summed E-state index contributed by atoms with van der Waals surface area (Å²) < 4.78 is 21.0. The molecule has 0 spiro atoms. The minimum absolute atomic E-state index is 0.108. The van der Waals surface area contributed by atoms with E-state index in [0.29, 0.717) is 11.5 Å². The first-order valence-corrected chi connectivity index (χ1v) is 7.96. The summed E-state index contributed by atoms with van der Waals surface area (Å²) in [6.07, 6.45) is 1.60. The van der Waals surface area contributed by atoms with Crippen LogP contribution in [0.3, 0.4) is 0 Å². The van der Waals surface area contributed by atoms with E-state index < -0.39 is 0 Å². The fourth-order valence-electron chi connectivity index (χ4n) is 2.20. The van der Waals surface area contributed by atoms with Gasteiger partial charge >= 0.3 is 5.97 Å². The zero-order valence-electron chi connectivity index (χ0n) is 14.1. The molecular formula is C19H19NO5. The van der Waals surface area contributed by atoms with Crippen LogP contribution in [-0.2, 0) is 9.53 Å². The van der Waals surface area contributed by atoms with Gasteiger partial charge in [0.2, 0.25) is 6.79 Å². The lowest BCUT2D eigenvalue weighted by molar-refractivity contribution is -0.149. The number of nitrogens with zero attached hydrogens (tertiary/aromatic N) is 1. The van der Waals surface area contributed by atoms with Gasteiger partial charge in [-0.3, -0.25) is 4.99 Å². The zero-order valence-corrected chi connectivity index (χ0v) is 14.1. The van der Waals surface area contributed by atoms with Crippen LogP contribution in [0.2, 0.25) is 0 Å². The molecule has 0 aliphatic carbocycles. The molecule has 1 aliphatic heterocycles. The van der Waals surface area contributed by atoms with Crippen LogP contribution < -0.4 is 14.2 Å². The van der Waals surface area contributed by atoms with Gasteiger partial charge in [0.25, 0.3) is 0 Å². The summed E-state index contributed by atoms with van der Waals surface area (Å²) >= 11 is 0. The Morgan fingerprint density at radius 3 is 2.68 bits per heavy atom. The lowest BCUT2D eigenvalue weighted by Gasteiger charge is -2.09. The summed E-state index contributed by atoms with van der Waals surface area (Å²) in [4.78, 5) is 15.9. The summed E-state index contributed by atoms with van der Waals surface area (Å²) in [7, 11) is 0. The van der Waals surface area contributed by atoms with Crippen molar-refractivity contribution in [1.82, 2.24) is 0 Å². The fraction of sp³-hybridized carbons (Fsp3) is 0.263. The van der Waals surface area contributed by atoms with Crippen molar-refractivity contribution in [2.45, 2.75) is 20.0 Å². The highest BCUT2D eigenvalue weighted by Crippen LogP contribution is 2.35. The third kappa shape index (κ3) is 4.73. The molecular weight excluding hydrogens is 322 g/mol. The fourth-order valence-corrected chi connectivity index (χ4v) is 2.20. The predicted molar refractivity (Wildman–Crippen MR) is 93.0 cm³/mol. The van der Waals surface area contributed by atoms with Crippen molar-refractivity contribution in [2.75, 3.05) is 13.4 Å². The molecule has 0 N–H and O–H groups in total.